The average Bonchev–Trinajstić information content (AvgIpc) is 2.59. The van der Waals surface area contributed by atoms with E-state index in [-0.39, 0.29) is 12.2 Å². The zero-order valence-electron chi connectivity index (χ0n) is 15.4. The maximum atomic E-state index is 13.0. The molecule has 1 aliphatic heterocycles. The van der Waals surface area contributed by atoms with Crippen molar-refractivity contribution >= 4 is 23.9 Å². The Morgan fingerprint density at radius 3 is 1.93 bits per heavy atom. The molecule has 4 atom stereocenters. The van der Waals surface area contributed by atoms with E-state index in [4.69, 9.17) is 23.7 Å². The molecule has 0 saturated carbocycles. The van der Waals surface area contributed by atoms with Crippen molar-refractivity contribution in [1.29, 1.82) is 0 Å². The molecule has 0 N–H and O–H groups in total. The van der Waals surface area contributed by atoms with Gasteiger partial charge in [-0.2, -0.15) is 0 Å². The van der Waals surface area contributed by atoms with Crippen LogP contribution in [0.3, 0.4) is 0 Å². The van der Waals surface area contributed by atoms with Gasteiger partial charge in [0.05, 0.1) is 12.2 Å². The number of hydrogen-bond acceptors (Lipinski definition) is 9. The molecule has 0 amide bonds. The van der Waals surface area contributed by atoms with E-state index in [1.807, 2.05) is 0 Å². The molecular weight excluding hydrogens is 379 g/mol. The van der Waals surface area contributed by atoms with Crippen LogP contribution in [0.1, 0.15) is 31.1 Å². The summed E-state index contributed by atoms with van der Waals surface area (Å²) in [5, 5.41) is 0. The molecule has 9 nitrogen and oxygen atoms in total. The Hall–Kier alpha value is -3.01. The van der Waals surface area contributed by atoms with Gasteiger partial charge < -0.3 is 23.7 Å². The second kappa shape index (κ2) is 9.27. The van der Waals surface area contributed by atoms with E-state index in [1.54, 1.807) is 0 Å². The third-order valence-electron chi connectivity index (χ3n) is 3.61. The molecule has 1 aromatic carbocycles. The van der Waals surface area contributed by atoms with Crippen molar-refractivity contribution in [3.63, 3.8) is 0 Å². The van der Waals surface area contributed by atoms with E-state index in [0.717, 1.165) is 32.9 Å². The van der Waals surface area contributed by atoms with Crippen LogP contribution in [0.15, 0.2) is 24.3 Å². The Morgan fingerprint density at radius 1 is 0.857 bits per heavy atom. The summed E-state index contributed by atoms with van der Waals surface area (Å²) in [6, 6.07) is 4.54. The Bertz CT molecular complexity index is 746. The highest BCUT2D eigenvalue weighted by molar-refractivity contribution is 5.89. The number of rotatable bonds is 5. The van der Waals surface area contributed by atoms with Crippen LogP contribution in [-0.4, -0.2) is 55.1 Å². The molecule has 1 saturated heterocycles. The molecule has 152 valence electrons. The first-order valence-electron chi connectivity index (χ1n) is 8.27. The average molecular weight is 398 g/mol. The number of hydrogen-bond donors (Lipinski definition) is 0. The summed E-state index contributed by atoms with van der Waals surface area (Å²) in [6.07, 6.45) is -5.17. The lowest BCUT2D eigenvalue weighted by Gasteiger charge is -2.39. The summed E-state index contributed by atoms with van der Waals surface area (Å²) in [5.74, 6) is -3.59. The fourth-order valence-corrected chi connectivity index (χ4v) is 2.57. The van der Waals surface area contributed by atoms with Crippen LogP contribution in [0.25, 0.3) is 0 Å². The lowest BCUT2D eigenvalue weighted by Crippen LogP contribution is -2.58. The molecule has 10 heteroatoms. The van der Waals surface area contributed by atoms with Gasteiger partial charge in [0.1, 0.15) is 5.82 Å². The molecule has 2 rings (SSSR count). The molecule has 1 heterocycles. The molecule has 0 spiro atoms. The van der Waals surface area contributed by atoms with Crippen LogP contribution < -0.4 is 0 Å². The van der Waals surface area contributed by atoms with Gasteiger partial charge in [0.15, 0.2) is 12.2 Å². The fourth-order valence-electron chi connectivity index (χ4n) is 2.57. The van der Waals surface area contributed by atoms with Gasteiger partial charge in [-0.15, -0.1) is 0 Å². The lowest BCUT2D eigenvalue weighted by molar-refractivity contribution is -0.266. The van der Waals surface area contributed by atoms with Crippen LogP contribution in [0, 0.1) is 5.82 Å². The normalized spacial score (nSPS) is 24.0. The summed E-state index contributed by atoms with van der Waals surface area (Å²) >= 11 is 0. The molecular formula is C18H19FO9. The fraction of sp³-hybridized carbons (Fsp3) is 0.444. The summed E-state index contributed by atoms with van der Waals surface area (Å²) in [4.78, 5) is 46.6. The van der Waals surface area contributed by atoms with Crippen LogP contribution in [-0.2, 0) is 38.1 Å². The zero-order valence-corrected chi connectivity index (χ0v) is 15.4. The van der Waals surface area contributed by atoms with Crippen LogP contribution in [0.4, 0.5) is 4.39 Å². The van der Waals surface area contributed by atoms with Crippen molar-refractivity contribution < 1.29 is 47.3 Å². The monoisotopic (exact) mass is 398 g/mol. The molecule has 1 aromatic rings. The van der Waals surface area contributed by atoms with Gasteiger partial charge in [-0.1, -0.05) is 0 Å². The number of halogens is 1. The number of benzene rings is 1. The number of carbonyl (C=O) groups excluding carboxylic acids is 4. The van der Waals surface area contributed by atoms with Crippen molar-refractivity contribution in [2.45, 2.75) is 45.4 Å². The largest absolute Gasteiger partial charge is 0.456 e. The minimum atomic E-state index is -1.45. The topological polar surface area (TPSA) is 114 Å². The summed E-state index contributed by atoms with van der Waals surface area (Å²) in [7, 11) is 0. The molecule has 1 aliphatic rings. The van der Waals surface area contributed by atoms with Crippen molar-refractivity contribution in [1.82, 2.24) is 0 Å². The minimum absolute atomic E-state index is 0.0257. The molecule has 0 radical (unpaired) electrons. The maximum Gasteiger partial charge on any atom is 0.340 e. The lowest BCUT2D eigenvalue weighted by atomic mass is 10.0. The number of esters is 4. The molecule has 0 aliphatic carbocycles. The smallest absolute Gasteiger partial charge is 0.340 e. The second-order valence-electron chi connectivity index (χ2n) is 5.91. The Morgan fingerprint density at radius 2 is 1.39 bits per heavy atom. The Labute approximate surface area is 159 Å². The Balaban J connectivity index is 2.24. The standard InChI is InChI=1S/C18H19FO9/c1-9(20)25-14-8-24-18(16(27-11(3)22)15(14)26-10(2)21)28-17(23)12-4-6-13(19)7-5-12/h4-7,14-16,18H,8H2,1-3H3/t14-,15+,16-,18+/m1/s1. The van der Waals surface area contributed by atoms with Gasteiger partial charge >= 0.3 is 23.9 Å². The van der Waals surface area contributed by atoms with Gasteiger partial charge in [0, 0.05) is 20.8 Å². The van der Waals surface area contributed by atoms with E-state index < -0.39 is 54.3 Å². The van der Waals surface area contributed by atoms with Crippen molar-refractivity contribution in [2.75, 3.05) is 6.61 Å². The first-order valence-corrected chi connectivity index (χ1v) is 8.27. The second-order valence-corrected chi connectivity index (χ2v) is 5.91. The number of ether oxygens (including phenoxy) is 5. The van der Waals surface area contributed by atoms with E-state index in [1.165, 1.54) is 12.1 Å². The number of carbonyl (C=O) groups is 4. The van der Waals surface area contributed by atoms with E-state index in [9.17, 15) is 23.6 Å². The van der Waals surface area contributed by atoms with Gasteiger partial charge in [0.2, 0.25) is 12.4 Å². The summed E-state index contributed by atoms with van der Waals surface area (Å²) in [6.45, 7) is 3.08. The van der Waals surface area contributed by atoms with Gasteiger partial charge in [-0.25, -0.2) is 9.18 Å². The molecule has 0 unspecified atom stereocenters. The van der Waals surface area contributed by atoms with Gasteiger partial charge in [-0.05, 0) is 24.3 Å². The maximum absolute atomic E-state index is 13.0. The van der Waals surface area contributed by atoms with E-state index in [2.05, 4.69) is 0 Å². The van der Waals surface area contributed by atoms with Crippen molar-refractivity contribution in [3.8, 4) is 0 Å². The predicted molar refractivity (Wildman–Crippen MR) is 88.2 cm³/mol. The summed E-state index contributed by atoms with van der Waals surface area (Å²) < 4.78 is 38.9. The predicted octanol–water partition coefficient (Wildman–Crippen LogP) is 1.13. The SMILES string of the molecule is CC(=O)O[C@@H]1[C@@H](OC(C)=O)[C@H](OC(=O)c2ccc(F)cc2)OC[C@H]1OC(C)=O. The molecule has 1 fully saturated rings. The van der Waals surface area contributed by atoms with E-state index in [0.29, 0.717) is 0 Å². The summed E-state index contributed by atoms with van der Waals surface area (Å²) in [5.41, 5.74) is 0.0257. The molecule has 28 heavy (non-hydrogen) atoms. The van der Waals surface area contributed by atoms with E-state index >= 15 is 0 Å². The first kappa shape index (κ1) is 21.3. The third kappa shape index (κ3) is 5.74. The van der Waals surface area contributed by atoms with Crippen LogP contribution in [0.2, 0.25) is 0 Å². The molecule has 0 aromatic heterocycles. The quantitative estimate of drug-likeness (QED) is 0.532. The van der Waals surface area contributed by atoms with Crippen molar-refractivity contribution in [3.05, 3.63) is 35.6 Å². The van der Waals surface area contributed by atoms with Gasteiger partial charge in [0.25, 0.3) is 0 Å². The first-order chi connectivity index (χ1) is 13.2. The highest BCUT2D eigenvalue weighted by Gasteiger charge is 2.48. The minimum Gasteiger partial charge on any atom is -0.456 e. The van der Waals surface area contributed by atoms with Crippen molar-refractivity contribution in [2.24, 2.45) is 0 Å². The van der Waals surface area contributed by atoms with Gasteiger partial charge in [-0.3, -0.25) is 14.4 Å². The third-order valence-corrected chi connectivity index (χ3v) is 3.61. The Kier molecular flexibility index (Phi) is 7.05. The highest BCUT2D eigenvalue weighted by atomic mass is 19.1. The molecule has 0 bridgehead atoms. The highest BCUT2D eigenvalue weighted by Crippen LogP contribution is 2.26. The van der Waals surface area contributed by atoms with Crippen LogP contribution >= 0.6 is 0 Å². The zero-order chi connectivity index (χ0) is 20.8. The van der Waals surface area contributed by atoms with Crippen LogP contribution in [0.5, 0.6) is 0 Å².